The zero-order valence-electron chi connectivity index (χ0n) is 48.3. The molecule has 0 saturated heterocycles. The zero-order chi connectivity index (χ0) is 59.3. The number of halogens is 2. The van der Waals surface area contributed by atoms with Crippen LogP contribution in [0.4, 0.5) is 0 Å². The number of phenolic OH excluding ortho intramolecular Hbond substituents is 2. The highest BCUT2D eigenvalue weighted by Gasteiger charge is 2.47. The van der Waals surface area contributed by atoms with Gasteiger partial charge in [-0.05, 0) is 165 Å². The number of carbonyl (C=O) groups is 3. The molecule has 0 bridgehead atoms. The molecule has 0 aliphatic carbocycles. The molecule has 0 amide bonds. The van der Waals surface area contributed by atoms with Crippen molar-refractivity contribution in [2.24, 2.45) is 5.73 Å². The molecule has 3 aromatic heterocycles. The lowest BCUT2D eigenvalue weighted by Crippen LogP contribution is -2.50. The monoisotopic (exact) mass is 1220 g/mol. The van der Waals surface area contributed by atoms with Crippen LogP contribution < -0.4 is 10.2 Å². The quantitative estimate of drug-likeness (QED) is 0.0414. The Balaban J connectivity index is 0.000000197. The molecule has 434 valence electrons. The normalized spacial score (nSPS) is 12.5. The molecule has 0 radical (unpaired) electrons. The third-order valence-corrected chi connectivity index (χ3v) is 23.3. The van der Waals surface area contributed by atoms with E-state index >= 15 is 0 Å². The van der Waals surface area contributed by atoms with Crippen LogP contribution in [0.15, 0.2) is 146 Å². The van der Waals surface area contributed by atoms with E-state index in [1.54, 1.807) is 36.4 Å². The van der Waals surface area contributed by atoms with Gasteiger partial charge in [0, 0.05) is 71.8 Å². The van der Waals surface area contributed by atoms with Gasteiger partial charge in [0.25, 0.3) is 8.32 Å². The maximum atomic E-state index is 13.3. The Morgan fingerprint density at radius 3 is 1.10 bits per heavy atom. The number of aromatic nitrogens is 3. The Bertz CT molecular complexity index is 3260. The van der Waals surface area contributed by atoms with Gasteiger partial charge in [0.05, 0.1) is 19.4 Å². The molecule has 6 aromatic carbocycles. The molecular weight excluding hydrogens is 1140 g/mol. The predicted molar refractivity (Wildman–Crippen MR) is 348 cm³/mol. The number of hydrogen-bond acceptors (Lipinski definition) is 13. The summed E-state index contributed by atoms with van der Waals surface area (Å²) in [6, 6.07) is 40.5. The van der Waals surface area contributed by atoms with Gasteiger partial charge in [0.1, 0.15) is 34.6 Å². The van der Waals surface area contributed by atoms with Gasteiger partial charge in [-0.1, -0.05) is 141 Å². The first kappa shape index (κ1) is 65.3. The molecule has 82 heavy (non-hydrogen) atoms. The second-order valence-electron chi connectivity index (χ2n) is 21.6. The maximum absolute atomic E-state index is 13.3. The molecule has 0 fully saturated rings. The number of rotatable bonds is 23. The van der Waals surface area contributed by atoms with E-state index in [9.17, 15) is 24.6 Å². The third-order valence-electron chi connectivity index (χ3n) is 15.0. The lowest BCUT2D eigenvalue weighted by Gasteiger charge is -2.42. The van der Waals surface area contributed by atoms with Crippen LogP contribution in [0, 0.1) is 0 Å². The fourth-order valence-corrected chi connectivity index (χ4v) is 18.4. The number of Topliss-reactive ketones (excluding diaryl/α,β-unsaturated/α-hetero) is 3. The number of alkyl halides is 2. The number of fused-ring (bicyclic) bond motifs is 3. The smallest absolute Gasteiger partial charge is 0.258 e. The molecule has 3 atom stereocenters. The molecule has 0 aliphatic rings. The highest BCUT2D eigenvalue weighted by Crippen LogP contribution is 2.43. The summed E-state index contributed by atoms with van der Waals surface area (Å²) in [5.41, 5.74) is 13.3. The van der Waals surface area contributed by atoms with Crippen molar-refractivity contribution in [3.8, 4) is 17.2 Å². The standard InChI is InChI=1S/C28H39NO2SSi.C19H19NO2S.C18H18N2O2S.CH2Cl2/c1-8-9-26(27(30)16-22-10-11-24-18-29-32-28(24)17-22)23-12-14-25(15-13-23)31-33(19(2)3,20(4)5)21(6)7;1-2-3-17(14-6-8-16(21)9-7-14)18(22)10-13-4-5-15-12-20-23-19(15)11-13;19-8-7-16(13-3-5-15(21)6-4-13)17(22)9-12-1-2-14-11-20-23-18(14)10-12;2-1-3/h10-15,17-21,26H,8-9,16H2,1-7H3;4-9,11-12,17,21H,2-3,10H2,1H3;1-6,10-11,16,21H,7-9,19H2;1H2. The summed E-state index contributed by atoms with van der Waals surface area (Å²) in [7, 11) is -1.99. The minimum absolute atomic E-state index is 0.0801. The number of phenols is 2. The second kappa shape index (κ2) is 32.3. The summed E-state index contributed by atoms with van der Waals surface area (Å²) in [5.74, 6) is 1.59. The molecule has 9 rings (SSSR count). The van der Waals surface area contributed by atoms with Gasteiger partial charge in [-0.25, -0.2) is 0 Å². The van der Waals surface area contributed by atoms with Crippen molar-refractivity contribution in [2.45, 2.75) is 141 Å². The largest absolute Gasteiger partial charge is 0.543 e. The van der Waals surface area contributed by atoms with Gasteiger partial charge in [-0.15, -0.1) is 23.2 Å². The summed E-state index contributed by atoms with van der Waals surface area (Å²) in [6.07, 6.45) is 11.0. The molecular formula is C66H78Cl2N4O6S3Si. The number of benzene rings is 6. The van der Waals surface area contributed by atoms with Crippen LogP contribution in [0.1, 0.15) is 139 Å². The first-order chi connectivity index (χ1) is 39.4. The van der Waals surface area contributed by atoms with E-state index in [1.165, 1.54) is 34.6 Å². The van der Waals surface area contributed by atoms with Gasteiger partial charge < -0.3 is 20.4 Å². The summed E-state index contributed by atoms with van der Waals surface area (Å²) >= 11 is 13.9. The van der Waals surface area contributed by atoms with Crippen LogP contribution in [0.5, 0.6) is 17.2 Å². The van der Waals surface area contributed by atoms with Gasteiger partial charge in [0.2, 0.25) is 0 Å². The third kappa shape index (κ3) is 17.8. The number of aromatic hydroxyl groups is 2. The average molecular weight is 1220 g/mol. The van der Waals surface area contributed by atoms with Crippen LogP contribution in [-0.2, 0) is 33.6 Å². The number of hydrogen-bond donors (Lipinski definition) is 3. The number of nitrogens with zero attached hydrogens (tertiary/aromatic N) is 3. The molecule has 3 heterocycles. The summed E-state index contributed by atoms with van der Waals surface area (Å²) in [6.45, 7) is 18.5. The van der Waals surface area contributed by atoms with Gasteiger partial charge in [-0.2, -0.15) is 13.1 Å². The number of ketones is 3. The molecule has 16 heteroatoms. The van der Waals surface area contributed by atoms with Crippen molar-refractivity contribution in [3.63, 3.8) is 0 Å². The van der Waals surface area contributed by atoms with Crippen molar-refractivity contribution >= 4 is 114 Å². The fourth-order valence-electron chi connectivity index (χ4n) is 11.0. The van der Waals surface area contributed by atoms with Crippen LogP contribution in [0.25, 0.3) is 30.3 Å². The van der Waals surface area contributed by atoms with E-state index in [4.69, 9.17) is 33.4 Å². The van der Waals surface area contributed by atoms with E-state index in [0.717, 1.165) is 95.1 Å². The Morgan fingerprint density at radius 1 is 0.500 bits per heavy atom. The molecule has 0 saturated carbocycles. The predicted octanol–water partition coefficient (Wildman–Crippen LogP) is 17.9. The van der Waals surface area contributed by atoms with E-state index < -0.39 is 8.32 Å². The summed E-state index contributed by atoms with van der Waals surface area (Å²) < 4.78 is 22.8. The highest BCUT2D eigenvalue weighted by atomic mass is 35.5. The van der Waals surface area contributed by atoms with E-state index in [1.807, 2.05) is 61.1 Å². The Hall–Kier alpha value is -5.84. The van der Waals surface area contributed by atoms with Crippen LogP contribution in [0.2, 0.25) is 16.6 Å². The van der Waals surface area contributed by atoms with Crippen molar-refractivity contribution < 1.29 is 29.0 Å². The van der Waals surface area contributed by atoms with Crippen molar-refractivity contribution in [2.75, 3.05) is 11.9 Å². The van der Waals surface area contributed by atoms with E-state index in [2.05, 4.69) is 117 Å². The van der Waals surface area contributed by atoms with Crippen molar-refractivity contribution in [1.29, 1.82) is 0 Å². The minimum Gasteiger partial charge on any atom is -0.543 e. The molecule has 3 unspecified atom stereocenters. The molecule has 0 aliphatic heterocycles. The van der Waals surface area contributed by atoms with Crippen molar-refractivity contribution in [3.05, 3.63) is 179 Å². The van der Waals surface area contributed by atoms with Gasteiger partial charge in [-0.3, -0.25) is 14.4 Å². The fraction of sp³-hybridized carbons (Fsp3) is 0.364. The number of carbonyl (C=O) groups excluding carboxylic acids is 3. The number of nitrogens with two attached hydrogens (primary N) is 1. The van der Waals surface area contributed by atoms with Crippen molar-refractivity contribution in [1.82, 2.24) is 13.1 Å². The van der Waals surface area contributed by atoms with E-state index in [0.29, 0.717) is 48.9 Å². The Morgan fingerprint density at radius 2 is 0.805 bits per heavy atom. The topological polar surface area (TPSA) is 166 Å². The molecule has 10 nitrogen and oxygen atoms in total. The minimum atomic E-state index is -1.99. The average Bonchev–Trinajstić information content (AvgIpc) is 4.38. The second-order valence-corrected chi connectivity index (χ2v) is 30.3. The summed E-state index contributed by atoms with van der Waals surface area (Å²) in [5, 5.41) is 22.4. The molecule has 4 N–H and O–H groups in total. The molecule has 9 aromatic rings. The van der Waals surface area contributed by atoms with Gasteiger partial charge in [0.15, 0.2) is 0 Å². The molecule has 0 spiro atoms. The van der Waals surface area contributed by atoms with Crippen LogP contribution in [0.3, 0.4) is 0 Å². The SMILES string of the molecule is CCCC(C(=O)Cc1ccc2cnsc2c1)c1ccc(O)cc1.CCCC(C(=O)Cc1ccc2cnsc2c1)c1ccc(O[Si](C(C)C)(C(C)C)C(C)C)cc1.ClCCl.NCCC(C(=O)Cc1ccc2cnsc2c1)c1ccc(O)cc1. The summed E-state index contributed by atoms with van der Waals surface area (Å²) in [4.78, 5) is 38.8. The van der Waals surface area contributed by atoms with Gasteiger partial charge >= 0.3 is 0 Å². The highest BCUT2D eigenvalue weighted by molar-refractivity contribution is 7.13. The first-order valence-corrected chi connectivity index (χ1v) is 33.7. The first-order valence-electron chi connectivity index (χ1n) is 28.2. The lowest BCUT2D eigenvalue weighted by atomic mass is 9.87. The zero-order valence-corrected chi connectivity index (χ0v) is 53.3. The van der Waals surface area contributed by atoms with Crippen LogP contribution >= 0.6 is 57.8 Å². The van der Waals surface area contributed by atoms with E-state index in [-0.39, 0.29) is 51.9 Å². The Kier molecular flexibility index (Phi) is 25.7. The Labute approximate surface area is 507 Å². The lowest BCUT2D eigenvalue weighted by molar-refractivity contribution is -0.120. The maximum Gasteiger partial charge on any atom is 0.258 e. The van der Waals surface area contributed by atoms with Crippen LogP contribution in [-0.4, -0.2) is 60.9 Å².